The summed E-state index contributed by atoms with van der Waals surface area (Å²) in [4.78, 5) is 30.7. The number of nitrogens with zero attached hydrogens (tertiary/aromatic N) is 3. The Bertz CT molecular complexity index is 860. The van der Waals surface area contributed by atoms with Crippen molar-refractivity contribution in [2.45, 2.75) is 37.8 Å². The van der Waals surface area contributed by atoms with Crippen molar-refractivity contribution in [3.63, 3.8) is 0 Å². The summed E-state index contributed by atoms with van der Waals surface area (Å²) < 4.78 is 1.39. The molecular weight excluding hydrogens is 372 g/mol. The highest BCUT2D eigenvalue weighted by atomic mass is 16.3. The van der Waals surface area contributed by atoms with Gasteiger partial charge in [0, 0.05) is 32.1 Å². The van der Waals surface area contributed by atoms with Gasteiger partial charge in [-0.2, -0.15) is 0 Å². The number of aliphatic hydroxyl groups excluding tert-OH is 1. The first-order valence-corrected chi connectivity index (χ1v) is 9.94. The van der Waals surface area contributed by atoms with Crippen LogP contribution in [0.4, 0.5) is 5.82 Å². The molecule has 2 heterocycles. The minimum Gasteiger partial charge on any atom is -0.395 e. The number of piperidine rings is 1. The fraction of sp³-hybridized carbons (Fsp3) is 0.476. The van der Waals surface area contributed by atoms with Crippen molar-refractivity contribution in [3.05, 3.63) is 58.6 Å². The Morgan fingerprint density at radius 2 is 1.93 bits per heavy atom. The number of benzene rings is 1. The number of rotatable bonds is 8. The lowest BCUT2D eigenvalue weighted by Gasteiger charge is -2.38. The average Bonchev–Trinajstić information content (AvgIpc) is 2.73. The number of carbonyl (C=O) groups excluding carboxylic acids is 1. The highest BCUT2D eigenvalue weighted by Crippen LogP contribution is 2.24. The van der Waals surface area contributed by atoms with E-state index in [-0.39, 0.29) is 24.6 Å². The van der Waals surface area contributed by atoms with Gasteiger partial charge in [0.25, 0.3) is 5.56 Å². The lowest BCUT2D eigenvalue weighted by Crippen LogP contribution is -2.49. The smallest absolute Gasteiger partial charge is 0.255 e. The molecule has 0 unspecified atom stereocenters. The van der Waals surface area contributed by atoms with Gasteiger partial charge < -0.3 is 20.4 Å². The van der Waals surface area contributed by atoms with Crippen LogP contribution in [-0.4, -0.2) is 62.4 Å². The number of hydrogen-bond donors (Lipinski definition) is 3. The van der Waals surface area contributed by atoms with Crippen molar-refractivity contribution >= 4 is 11.7 Å². The first kappa shape index (κ1) is 21.0. The van der Waals surface area contributed by atoms with Gasteiger partial charge in [0.1, 0.15) is 5.82 Å². The highest BCUT2D eigenvalue weighted by Gasteiger charge is 2.34. The summed E-state index contributed by atoms with van der Waals surface area (Å²) in [5.74, 6) is 0.486. The van der Waals surface area contributed by atoms with Crippen molar-refractivity contribution in [3.8, 4) is 0 Å². The van der Waals surface area contributed by atoms with Gasteiger partial charge >= 0.3 is 0 Å². The monoisotopic (exact) mass is 400 g/mol. The number of likely N-dealkylation sites (tertiary alicyclic amines) is 1. The van der Waals surface area contributed by atoms with E-state index in [1.807, 2.05) is 30.3 Å². The minimum atomic E-state index is -1.04. The van der Waals surface area contributed by atoms with E-state index in [4.69, 9.17) is 5.11 Å². The molecule has 156 valence electrons. The summed E-state index contributed by atoms with van der Waals surface area (Å²) in [5, 5.41) is 22.5. The molecule has 2 aromatic rings. The van der Waals surface area contributed by atoms with Crippen LogP contribution in [0.5, 0.6) is 0 Å². The Labute approximate surface area is 169 Å². The highest BCUT2D eigenvalue weighted by molar-refractivity contribution is 5.76. The van der Waals surface area contributed by atoms with Crippen LogP contribution >= 0.6 is 0 Å². The van der Waals surface area contributed by atoms with Gasteiger partial charge in [-0.05, 0) is 24.8 Å². The molecule has 3 N–H and O–H groups in total. The molecule has 0 aliphatic carbocycles. The molecule has 0 radical (unpaired) electrons. The maximum atomic E-state index is 12.5. The van der Waals surface area contributed by atoms with Gasteiger partial charge in [0.15, 0.2) is 0 Å². The quantitative estimate of drug-likeness (QED) is 0.600. The largest absolute Gasteiger partial charge is 0.395 e. The lowest BCUT2D eigenvalue weighted by atomic mass is 9.91. The predicted octanol–water partition coefficient (Wildman–Crippen LogP) is 0.634. The number of carbonyl (C=O) groups is 1. The van der Waals surface area contributed by atoms with Gasteiger partial charge in [-0.25, -0.2) is 4.98 Å². The molecule has 1 aromatic heterocycles. The topological polar surface area (TPSA) is 108 Å². The molecule has 1 amide bonds. The molecule has 1 aliphatic heterocycles. The van der Waals surface area contributed by atoms with Crippen molar-refractivity contribution in [2.24, 2.45) is 0 Å². The molecule has 0 spiro atoms. The summed E-state index contributed by atoms with van der Waals surface area (Å²) in [6.45, 7) is 1.36. The van der Waals surface area contributed by atoms with Crippen molar-refractivity contribution in [1.82, 2.24) is 14.5 Å². The Balaban J connectivity index is 1.51. The molecule has 29 heavy (non-hydrogen) atoms. The Kier molecular flexibility index (Phi) is 7.00. The van der Waals surface area contributed by atoms with Gasteiger partial charge in [-0.1, -0.05) is 30.3 Å². The Morgan fingerprint density at radius 1 is 1.21 bits per heavy atom. The van der Waals surface area contributed by atoms with Gasteiger partial charge in [0.2, 0.25) is 5.91 Å². The van der Waals surface area contributed by atoms with Crippen LogP contribution in [0.3, 0.4) is 0 Å². The van der Waals surface area contributed by atoms with Crippen LogP contribution in [0.1, 0.15) is 24.8 Å². The molecular formula is C21H28N4O4. The molecule has 1 fully saturated rings. The average molecular weight is 400 g/mol. The first-order chi connectivity index (χ1) is 14.0. The zero-order valence-electron chi connectivity index (χ0n) is 16.5. The number of anilines is 1. The normalized spacial score (nSPS) is 15.9. The van der Waals surface area contributed by atoms with Crippen molar-refractivity contribution in [2.75, 3.05) is 31.6 Å². The third kappa shape index (κ3) is 5.88. The maximum absolute atomic E-state index is 12.5. The summed E-state index contributed by atoms with van der Waals surface area (Å²) >= 11 is 0. The van der Waals surface area contributed by atoms with Crippen LogP contribution < -0.4 is 10.9 Å². The molecule has 8 heteroatoms. The molecule has 1 saturated heterocycles. The van der Waals surface area contributed by atoms with E-state index < -0.39 is 5.60 Å². The lowest BCUT2D eigenvalue weighted by molar-refractivity contribution is -0.135. The summed E-state index contributed by atoms with van der Waals surface area (Å²) in [7, 11) is 0. The second-order valence-corrected chi connectivity index (χ2v) is 7.48. The molecule has 3 rings (SSSR count). The zero-order valence-corrected chi connectivity index (χ0v) is 16.5. The van der Waals surface area contributed by atoms with Crippen molar-refractivity contribution < 1.29 is 15.0 Å². The molecule has 0 bridgehead atoms. The van der Waals surface area contributed by atoms with E-state index in [1.54, 1.807) is 4.90 Å². The Hall–Kier alpha value is -2.71. The van der Waals surface area contributed by atoms with Crippen LogP contribution in [0, 0.1) is 0 Å². The molecule has 8 nitrogen and oxygen atoms in total. The second-order valence-electron chi connectivity index (χ2n) is 7.48. The summed E-state index contributed by atoms with van der Waals surface area (Å²) in [6, 6.07) is 11.3. The molecule has 0 saturated carbocycles. The fourth-order valence-electron chi connectivity index (χ4n) is 3.53. The molecule has 1 aromatic carbocycles. The van der Waals surface area contributed by atoms with Crippen LogP contribution in [0.25, 0.3) is 0 Å². The fourth-order valence-corrected chi connectivity index (χ4v) is 3.53. The number of hydrogen-bond acceptors (Lipinski definition) is 6. The van der Waals surface area contributed by atoms with Gasteiger partial charge in [-0.15, -0.1) is 0 Å². The predicted molar refractivity (Wildman–Crippen MR) is 110 cm³/mol. The number of aromatic nitrogens is 2. The van der Waals surface area contributed by atoms with E-state index in [0.717, 1.165) is 5.56 Å². The van der Waals surface area contributed by atoms with E-state index in [9.17, 15) is 14.7 Å². The van der Waals surface area contributed by atoms with E-state index in [0.29, 0.717) is 51.1 Å². The summed E-state index contributed by atoms with van der Waals surface area (Å²) in [6.07, 6.45) is 3.39. The zero-order chi connectivity index (χ0) is 20.7. The first-order valence-electron chi connectivity index (χ1n) is 9.94. The molecule has 0 atom stereocenters. The third-order valence-electron chi connectivity index (χ3n) is 5.28. The second kappa shape index (κ2) is 9.67. The van der Waals surface area contributed by atoms with Crippen LogP contribution in [0.15, 0.2) is 47.5 Å². The standard InChI is InChI=1S/C21H28N4O4/c26-13-10-22-18-14-20(28)25(16-23-18)15-21(29)8-11-24(12-9-21)19(27)7-6-17-4-2-1-3-5-17/h1-5,14,16,22,26,29H,6-13,15H2. The van der Waals surface area contributed by atoms with Gasteiger partial charge in [0.05, 0.1) is 25.1 Å². The van der Waals surface area contributed by atoms with Crippen LogP contribution in [0.2, 0.25) is 0 Å². The van der Waals surface area contributed by atoms with Crippen molar-refractivity contribution in [1.29, 1.82) is 0 Å². The van der Waals surface area contributed by atoms with E-state index in [1.165, 1.54) is 17.0 Å². The number of aryl methyl sites for hydroxylation is 1. The minimum absolute atomic E-state index is 0.0505. The number of nitrogens with one attached hydrogen (secondary N) is 1. The SMILES string of the molecule is O=C(CCc1ccccc1)N1CCC(O)(Cn2cnc(NCCO)cc2=O)CC1. The number of aliphatic hydroxyl groups is 2. The Morgan fingerprint density at radius 3 is 2.59 bits per heavy atom. The number of amides is 1. The van der Waals surface area contributed by atoms with E-state index >= 15 is 0 Å². The van der Waals surface area contributed by atoms with Gasteiger partial charge in [-0.3, -0.25) is 14.2 Å². The summed E-state index contributed by atoms with van der Waals surface area (Å²) in [5.41, 5.74) is -0.171. The molecule has 1 aliphatic rings. The maximum Gasteiger partial charge on any atom is 0.255 e. The van der Waals surface area contributed by atoms with Crippen LogP contribution in [-0.2, 0) is 17.8 Å². The third-order valence-corrected chi connectivity index (χ3v) is 5.28. The van der Waals surface area contributed by atoms with E-state index in [2.05, 4.69) is 10.3 Å².